The summed E-state index contributed by atoms with van der Waals surface area (Å²) in [6.45, 7) is 3.63. The molecule has 1 aromatic heterocycles. The number of anilines is 1. The summed E-state index contributed by atoms with van der Waals surface area (Å²) in [5.74, 6) is 0. The number of pyridine rings is 1. The predicted octanol–water partition coefficient (Wildman–Crippen LogP) is 1.51. The second kappa shape index (κ2) is 3.80. The van der Waals surface area contributed by atoms with Crippen molar-refractivity contribution in [1.29, 1.82) is 0 Å². The maximum atomic E-state index is 9.29. The molecule has 0 unspecified atom stereocenters. The van der Waals surface area contributed by atoms with Gasteiger partial charge in [-0.3, -0.25) is 4.98 Å². The normalized spacial score (nSPS) is 17.4. The monoisotopic (exact) mass is 190 g/mol. The summed E-state index contributed by atoms with van der Waals surface area (Å²) in [5, 5.41) is 9.29. The highest BCUT2D eigenvalue weighted by atomic mass is 16.3. The van der Waals surface area contributed by atoms with E-state index < -0.39 is 6.10 Å². The highest BCUT2D eigenvalue weighted by Crippen LogP contribution is 2.17. The van der Waals surface area contributed by atoms with Gasteiger partial charge in [0.25, 0.3) is 0 Å². The van der Waals surface area contributed by atoms with Gasteiger partial charge in [0.05, 0.1) is 23.7 Å². The topological polar surface area (TPSA) is 36.4 Å². The van der Waals surface area contributed by atoms with Gasteiger partial charge in [-0.15, -0.1) is 0 Å². The fourth-order valence-corrected chi connectivity index (χ4v) is 1.52. The standard InChI is InChI=1S/C11H14N2O/c1-9(14)11-5-4-10(8-12-11)13-6-2-3-7-13/h2-5,8-9,14H,6-7H2,1H3/t9-/m1/s1. The third-order valence-electron chi connectivity index (χ3n) is 2.38. The fourth-order valence-electron chi connectivity index (χ4n) is 1.52. The Bertz CT molecular complexity index is 322. The van der Waals surface area contributed by atoms with Crippen LogP contribution in [0.3, 0.4) is 0 Å². The van der Waals surface area contributed by atoms with E-state index in [9.17, 15) is 5.11 Å². The van der Waals surface area contributed by atoms with E-state index in [-0.39, 0.29) is 0 Å². The summed E-state index contributed by atoms with van der Waals surface area (Å²) < 4.78 is 0. The molecule has 3 nitrogen and oxygen atoms in total. The van der Waals surface area contributed by atoms with Crippen LogP contribution in [0.2, 0.25) is 0 Å². The zero-order chi connectivity index (χ0) is 9.97. The number of rotatable bonds is 2. The van der Waals surface area contributed by atoms with Crippen LogP contribution in [0.1, 0.15) is 18.7 Å². The Hall–Kier alpha value is -1.35. The van der Waals surface area contributed by atoms with Crippen molar-refractivity contribution in [3.8, 4) is 0 Å². The first-order valence-electron chi connectivity index (χ1n) is 4.81. The van der Waals surface area contributed by atoms with Crippen LogP contribution in [0.5, 0.6) is 0 Å². The van der Waals surface area contributed by atoms with Crippen LogP contribution in [0.4, 0.5) is 5.69 Å². The molecule has 0 amide bonds. The van der Waals surface area contributed by atoms with Gasteiger partial charge < -0.3 is 10.0 Å². The molecule has 1 N–H and O–H groups in total. The average Bonchev–Trinajstić information content (AvgIpc) is 2.71. The molecule has 0 aliphatic carbocycles. The van der Waals surface area contributed by atoms with Gasteiger partial charge in [0, 0.05) is 13.1 Å². The molecule has 1 aromatic rings. The Morgan fingerprint density at radius 3 is 2.57 bits per heavy atom. The molecule has 0 bridgehead atoms. The maximum absolute atomic E-state index is 9.29. The lowest BCUT2D eigenvalue weighted by Crippen LogP contribution is -2.18. The SMILES string of the molecule is C[C@@H](O)c1ccc(N2CC=CC2)cn1. The van der Waals surface area contributed by atoms with Gasteiger partial charge in [0.15, 0.2) is 0 Å². The summed E-state index contributed by atoms with van der Waals surface area (Å²) in [6.07, 6.45) is 5.61. The van der Waals surface area contributed by atoms with Crippen LogP contribution in [0.15, 0.2) is 30.5 Å². The molecule has 3 heteroatoms. The Morgan fingerprint density at radius 2 is 2.07 bits per heavy atom. The zero-order valence-corrected chi connectivity index (χ0v) is 8.22. The minimum absolute atomic E-state index is 0.485. The van der Waals surface area contributed by atoms with E-state index >= 15 is 0 Å². The molecule has 1 aliphatic heterocycles. The molecule has 1 atom stereocenters. The highest BCUT2D eigenvalue weighted by molar-refractivity contribution is 5.47. The number of aliphatic hydroxyl groups excluding tert-OH is 1. The molecule has 2 rings (SSSR count). The van der Waals surface area contributed by atoms with E-state index in [4.69, 9.17) is 0 Å². The number of nitrogens with zero attached hydrogens (tertiary/aromatic N) is 2. The lowest BCUT2D eigenvalue weighted by Gasteiger charge is -2.17. The van der Waals surface area contributed by atoms with Gasteiger partial charge in [0.1, 0.15) is 0 Å². The number of hydrogen-bond donors (Lipinski definition) is 1. The number of aliphatic hydroxyl groups is 1. The minimum atomic E-state index is -0.485. The summed E-state index contributed by atoms with van der Waals surface area (Å²) in [4.78, 5) is 6.42. The summed E-state index contributed by atoms with van der Waals surface area (Å²) in [7, 11) is 0. The number of hydrogen-bond acceptors (Lipinski definition) is 3. The minimum Gasteiger partial charge on any atom is -0.387 e. The largest absolute Gasteiger partial charge is 0.387 e. The van der Waals surface area contributed by atoms with E-state index in [1.165, 1.54) is 0 Å². The number of aromatic nitrogens is 1. The van der Waals surface area contributed by atoms with Crippen molar-refractivity contribution in [2.24, 2.45) is 0 Å². The first kappa shape index (κ1) is 9.21. The van der Waals surface area contributed by atoms with Crippen molar-refractivity contribution in [2.45, 2.75) is 13.0 Å². The molecule has 0 aromatic carbocycles. The Labute approximate surface area is 83.7 Å². The molecule has 0 fully saturated rings. The van der Waals surface area contributed by atoms with Crippen molar-refractivity contribution in [2.75, 3.05) is 18.0 Å². The molecule has 14 heavy (non-hydrogen) atoms. The van der Waals surface area contributed by atoms with E-state index in [2.05, 4.69) is 22.0 Å². The maximum Gasteiger partial charge on any atom is 0.0931 e. The van der Waals surface area contributed by atoms with E-state index in [1.54, 1.807) is 6.92 Å². The first-order valence-corrected chi connectivity index (χ1v) is 4.81. The second-order valence-corrected chi connectivity index (χ2v) is 3.49. The van der Waals surface area contributed by atoms with Crippen molar-refractivity contribution < 1.29 is 5.11 Å². The molecule has 0 spiro atoms. The summed E-state index contributed by atoms with van der Waals surface area (Å²) >= 11 is 0. The van der Waals surface area contributed by atoms with E-state index in [0.29, 0.717) is 0 Å². The summed E-state index contributed by atoms with van der Waals surface area (Å²) in [6, 6.07) is 3.88. The molecular weight excluding hydrogens is 176 g/mol. The first-order chi connectivity index (χ1) is 6.77. The zero-order valence-electron chi connectivity index (χ0n) is 8.22. The molecule has 0 saturated heterocycles. The molecule has 0 radical (unpaired) electrons. The van der Waals surface area contributed by atoms with Crippen molar-refractivity contribution in [3.05, 3.63) is 36.2 Å². The van der Waals surface area contributed by atoms with Crippen LogP contribution < -0.4 is 4.90 Å². The predicted molar refractivity (Wildman–Crippen MR) is 56.2 cm³/mol. The van der Waals surface area contributed by atoms with Crippen molar-refractivity contribution in [1.82, 2.24) is 4.98 Å². The third-order valence-corrected chi connectivity index (χ3v) is 2.38. The smallest absolute Gasteiger partial charge is 0.0931 e. The lowest BCUT2D eigenvalue weighted by molar-refractivity contribution is 0.194. The Morgan fingerprint density at radius 1 is 1.36 bits per heavy atom. The van der Waals surface area contributed by atoms with Gasteiger partial charge in [-0.1, -0.05) is 12.2 Å². The summed E-state index contributed by atoms with van der Waals surface area (Å²) in [5.41, 5.74) is 1.83. The quantitative estimate of drug-likeness (QED) is 0.718. The van der Waals surface area contributed by atoms with E-state index in [0.717, 1.165) is 24.5 Å². The molecule has 1 aliphatic rings. The van der Waals surface area contributed by atoms with E-state index in [1.807, 2.05) is 18.3 Å². The average molecular weight is 190 g/mol. The van der Waals surface area contributed by atoms with Crippen LogP contribution in [-0.4, -0.2) is 23.2 Å². The fraction of sp³-hybridized carbons (Fsp3) is 0.364. The van der Waals surface area contributed by atoms with Crippen molar-refractivity contribution >= 4 is 5.69 Å². The second-order valence-electron chi connectivity index (χ2n) is 3.49. The van der Waals surface area contributed by atoms with Gasteiger partial charge >= 0.3 is 0 Å². The van der Waals surface area contributed by atoms with Gasteiger partial charge in [-0.25, -0.2) is 0 Å². The van der Waals surface area contributed by atoms with Crippen LogP contribution in [0, 0.1) is 0 Å². The Balaban J connectivity index is 2.13. The molecular formula is C11H14N2O. The van der Waals surface area contributed by atoms with Gasteiger partial charge in [-0.2, -0.15) is 0 Å². The van der Waals surface area contributed by atoms with Gasteiger partial charge in [0.2, 0.25) is 0 Å². The van der Waals surface area contributed by atoms with Crippen LogP contribution in [-0.2, 0) is 0 Å². The van der Waals surface area contributed by atoms with Crippen LogP contribution in [0.25, 0.3) is 0 Å². The lowest BCUT2D eigenvalue weighted by atomic mass is 10.2. The molecule has 74 valence electrons. The van der Waals surface area contributed by atoms with Crippen molar-refractivity contribution in [3.63, 3.8) is 0 Å². The highest BCUT2D eigenvalue weighted by Gasteiger charge is 2.08. The van der Waals surface area contributed by atoms with Gasteiger partial charge in [-0.05, 0) is 19.1 Å². The molecule has 0 saturated carbocycles. The third kappa shape index (κ3) is 1.77. The van der Waals surface area contributed by atoms with Crippen LogP contribution >= 0.6 is 0 Å². The Kier molecular flexibility index (Phi) is 2.50. The molecule has 2 heterocycles.